The first-order valence-corrected chi connectivity index (χ1v) is 4.87. The molecule has 0 aliphatic heterocycles. The van der Waals surface area contributed by atoms with Gasteiger partial charge in [0.1, 0.15) is 11.4 Å². The molecular weight excluding hydrogens is 210 g/mol. The van der Waals surface area contributed by atoms with Crippen LogP contribution in [0.4, 0.5) is 5.82 Å². The second-order valence-corrected chi connectivity index (χ2v) is 3.29. The highest BCUT2D eigenvalue weighted by Crippen LogP contribution is 2.04. The zero-order chi connectivity index (χ0) is 12.1. The number of likely N-dealkylation sites (N-methyl/N-ethyl adjacent to an activating group) is 1. The van der Waals surface area contributed by atoms with E-state index in [1.807, 2.05) is 6.92 Å². The van der Waals surface area contributed by atoms with E-state index in [0.717, 1.165) is 0 Å². The van der Waals surface area contributed by atoms with Crippen molar-refractivity contribution in [1.29, 1.82) is 0 Å². The van der Waals surface area contributed by atoms with Crippen molar-refractivity contribution in [2.45, 2.75) is 6.92 Å². The SMILES string of the molecule is CCN(C)C(=O)CNC(=O)c1cn[nH]c1N. The molecular formula is C9H15N5O2. The summed E-state index contributed by atoms with van der Waals surface area (Å²) < 4.78 is 0. The molecule has 1 aromatic heterocycles. The summed E-state index contributed by atoms with van der Waals surface area (Å²) in [6.45, 7) is 2.41. The lowest BCUT2D eigenvalue weighted by atomic mass is 10.3. The minimum Gasteiger partial charge on any atom is -0.383 e. The Hall–Kier alpha value is -2.05. The van der Waals surface area contributed by atoms with Crippen LogP contribution in [0.25, 0.3) is 0 Å². The number of aromatic nitrogens is 2. The minimum absolute atomic E-state index is 0.0478. The second-order valence-electron chi connectivity index (χ2n) is 3.29. The highest BCUT2D eigenvalue weighted by Gasteiger charge is 2.13. The third-order valence-electron chi connectivity index (χ3n) is 2.21. The molecule has 4 N–H and O–H groups in total. The van der Waals surface area contributed by atoms with E-state index in [-0.39, 0.29) is 23.8 Å². The number of amides is 2. The van der Waals surface area contributed by atoms with Crippen LogP contribution >= 0.6 is 0 Å². The van der Waals surface area contributed by atoms with Gasteiger partial charge in [0.05, 0.1) is 12.7 Å². The van der Waals surface area contributed by atoms with Gasteiger partial charge in [0, 0.05) is 13.6 Å². The molecule has 0 aromatic carbocycles. The molecule has 0 aliphatic rings. The number of nitrogens with one attached hydrogen (secondary N) is 2. The molecule has 1 rings (SSSR count). The summed E-state index contributed by atoms with van der Waals surface area (Å²) in [6, 6.07) is 0. The Labute approximate surface area is 93.0 Å². The Bertz CT molecular complexity index is 387. The summed E-state index contributed by atoms with van der Waals surface area (Å²) in [4.78, 5) is 24.4. The summed E-state index contributed by atoms with van der Waals surface area (Å²) in [6.07, 6.45) is 1.32. The fourth-order valence-corrected chi connectivity index (χ4v) is 1.04. The Balaban J connectivity index is 2.48. The average molecular weight is 225 g/mol. The predicted molar refractivity (Wildman–Crippen MR) is 58.6 cm³/mol. The maximum Gasteiger partial charge on any atom is 0.257 e. The number of anilines is 1. The van der Waals surface area contributed by atoms with Crippen molar-refractivity contribution in [3.8, 4) is 0 Å². The maximum atomic E-state index is 11.5. The van der Waals surface area contributed by atoms with Gasteiger partial charge in [-0.25, -0.2) is 0 Å². The highest BCUT2D eigenvalue weighted by molar-refractivity contribution is 5.99. The molecule has 0 bridgehead atoms. The number of carbonyl (C=O) groups excluding carboxylic acids is 2. The average Bonchev–Trinajstić information content (AvgIpc) is 2.70. The van der Waals surface area contributed by atoms with Crippen molar-refractivity contribution < 1.29 is 9.59 Å². The number of rotatable bonds is 4. The zero-order valence-corrected chi connectivity index (χ0v) is 9.28. The van der Waals surface area contributed by atoms with Crippen LogP contribution in [0.1, 0.15) is 17.3 Å². The topological polar surface area (TPSA) is 104 Å². The van der Waals surface area contributed by atoms with Crippen molar-refractivity contribution in [1.82, 2.24) is 20.4 Å². The number of nitrogens with zero attached hydrogens (tertiary/aromatic N) is 2. The molecule has 0 saturated carbocycles. The van der Waals surface area contributed by atoms with Crippen LogP contribution in [0.3, 0.4) is 0 Å². The molecule has 0 aliphatic carbocycles. The van der Waals surface area contributed by atoms with Crippen molar-refractivity contribution in [3.63, 3.8) is 0 Å². The summed E-state index contributed by atoms with van der Waals surface area (Å²) in [5, 5.41) is 8.53. The lowest BCUT2D eigenvalue weighted by molar-refractivity contribution is -0.128. The Morgan fingerprint density at radius 1 is 1.62 bits per heavy atom. The van der Waals surface area contributed by atoms with Crippen LogP contribution in [0.2, 0.25) is 0 Å². The molecule has 1 aromatic rings. The summed E-state index contributed by atoms with van der Waals surface area (Å²) in [5.41, 5.74) is 5.70. The lowest BCUT2D eigenvalue weighted by Crippen LogP contribution is -2.38. The van der Waals surface area contributed by atoms with Crippen molar-refractivity contribution in [3.05, 3.63) is 11.8 Å². The van der Waals surface area contributed by atoms with E-state index >= 15 is 0 Å². The monoisotopic (exact) mass is 225 g/mol. The van der Waals surface area contributed by atoms with Gasteiger partial charge < -0.3 is 16.0 Å². The largest absolute Gasteiger partial charge is 0.383 e. The molecule has 0 saturated heterocycles. The van der Waals surface area contributed by atoms with Crippen molar-refractivity contribution >= 4 is 17.6 Å². The molecule has 0 fully saturated rings. The number of aromatic amines is 1. The minimum atomic E-state index is -0.413. The van der Waals surface area contributed by atoms with Gasteiger partial charge >= 0.3 is 0 Å². The molecule has 0 radical (unpaired) electrons. The Morgan fingerprint density at radius 3 is 2.81 bits per heavy atom. The Morgan fingerprint density at radius 2 is 2.31 bits per heavy atom. The molecule has 7 heteroatoms. The number of carbonyl (C=O) groups is 2. The van der Waals surface area contributed by atoms with E-state index in [4.69, 9.17) is 5.73 Å². The molecule has 0 atom stereocenters. The third kappa shape index (κ3) is 2.72. The van der Waals surface area contributed by atoms with Crippen LogP contribution < -0.4 is 11.1 Å². The van der Waals surface area contributed by atoms with Crippen molar-refractivity contribution in [2.75, 3.05) is 25.9 Å². The third-order valence-corrected chi connectivity index (χ3v) is 2.21. The number of H-pyrrole nitrogens is 1. The van der Waals surface area contributed by atoms with E-state index < -0.39 is 5.91 Å². The summed E-state index contributed by atoms with van der Waals surface area (Å²) >= 11 is 0. The first kappa shape index (κ1) is 12.0. The van der Waals surface area contributed by atoms with Gasteiger partial charge in [-0.1, -0.05) is 0 Å². The standard InChI is InChI=1S/C9H15N5O2/c1-3-14(2)7(15)5-11-9(16)6-4-12-13-8(6)10/h4H,3,5H2,1-2H3,(H,11,16)(H3,10,12,13). The molecule has 0 spiro atoms. The van der Waals surface area contributed by atoms with E-state index in [0.29, 0.717) is 6.54 Å². The van der Waals surface area contributed by atoms with Gasteiger partial charge in [-0.05, 0) is 6.92 Å². The molecule has 88 valence electrons. The highest BCUT2D eigenvalue weighted by atomic mass is 16.2. The van der Waals surface area contributed by atoms with Gasteiger partial charge in [0.15, 0.2) is 0 Å². The summed E-state index contributed by atoms with van der Waals surface area (Å²) in [7, 11) is 1.67. The van der Waals surface area contributed by atoms with Gasteiger partial charge in [-0.2, -0.15) is 5.10 Å². The van der Waals surface area contributed by atoms with E-state index in [1.54, 1.807) is 7.05 Å². The molecule has 0 unspecified atom stereocenters. The van der Waals surface area contributed by atoms with Gasteiger partial charge in [-0.3, -0.25) is 14.7 Å². The first-order valence-electron chi connectivity index (χ1n) is 4.87. The number of nitrogen functional groups attached to an aromatic ring is 1. The molecule has 1 heterocycles. The molecule has 16 heavy (non-hydrogen) atoms. The number of hydrogen-bond acceptors (Lipinski definition) is 4. The zero-order valence-electron chi connectivity index (χ0n) is 9.28. The fraction of sp³-hybridized carbons (Fsp3) is 0.444. The first-order chi connectivity index (χ1) is 7.56. The van der Waals surface area contributed by atoms with Crippen LogP contribution in [-0.2, 0) is 4.79 Å². The quantitative estimate of drug-likeness (QED) is 0.624. The van der Waals surface area contributed by atoms with Crippen LogP contribution in [0.5, 0.6) is 0 Å². The molecule has 7 nitrogen and oxygen atoms in total. The summed E-state index contributed by atoms with van der Waals surface area (Å²) in [5.74, 6) is -0.379. The normalized spacial score (nSPS) is 9.88. The smallest absolute Gasteiger partial charge is 0.257 e. The predicted octanol–water partition coefficient (Wildman–Crippen LogP) is -0.800. The lowest BCUT2D eigenvalue weighted by Gasteiger charge is -2.14. The van der Waals surface area contributed by atoms with Gasteiger partial charge in [0.2, 0.25) is 5.91 Å². The number of nitrogens with two attached hydrogens (primary N) is 1. The van der Waals surface area contributed by atoms with Gasteiger partial charge in [0.25, 0.3) is 5.91 Å². The van der Waals surface area contributed by atoms with Crippen LogP contribution in [0, 0.1) is 0 Å². The maximum absolute atomic E-state index is 11.5. The van der Waals surface area contributed by atoms with Crippen molar-refractivity contribution in [2.24, 2.45) is 0 Å². The van der Waals surface area contributed by atoms with E-state index in [1.165, 1.54) is 11.1 Å². The van der Waals surface area contributed by atoms with E-state index in [2.05, 4.69) is 15.5 Å². The number of hydrogen-bond donors (Lipinski definition) is 3. The van der Waals surface area contributed by atoms with Crippen LogP contribution in [0.15, 0.2) is 6.20 Å². The van der Waals surface area contributed by atoms with Crippen LogP contribution in [-0.4, -0.2) is 47.0 Å². The second kappa shape index (κ2) is 5.15. The Kier molecular flexibility index (Phi) is 3.87. The molecule has 2 amide bonds. The fourth-order valence-electron chi connectivity index (χ4n) is 1.04. The van der Waals surface area contributed by atoms with E-state index in [9.17, 15) is 9.59 Å². The van der Waals surface area contributed by atoms with Gasteiger partial charge in [-0.15, -0.1) is 0 Å².